The summed E-state index contributed by atoms with van der Waals surface area (Å²) in [7, 11) is 0. The van der Waals surface area contributed by atoms with Crippen molar-refractivity contribution < 1.29 is 19.4 Å². The second kappa shape index (κ2) is 9.11. The van der Waals surface area contributed by atoms with E-state index in [0.29, 0.717) is 19.7 Å². The first-order chi connectivity index (χ1) is 7.60. The topological polar surface area (TPSA) is 102 Å². The largest absolute Gasteiger partial charge is 0.481 e. The van der Waals surface area contributed by atoms with E-state index in [0.717, 1.165) is 6.42 Å². The van der Waals surface area contributed by atoms with Crippen LogP contribution in [0.2, 0.25) is 0 Å². The van der Waals surface area contributed by atoms with Gasteiger partial charge in [-0.2, -0.15) is 0 Å². The van der Waals surface area contributed by atoms with E-state index >= 15 is 0 Å². The molecule has 6 nitrogen and oxygen atoms in total. The Morgan fingerprint density at radius 2 is 2.19 bits per heavy atom. The summed E-state index contributed by atoms with van der Waals surface area (Å²) in [6.45, 7) is 2.96. The van der Waals surface area contributed by atoms with Crippen LogP contribution >= 0.6 is 0 Å². The molecular formula is C10H20N2O4. The van der Waals surface area contributed by atoms with Crippen LogP contribution in [0, 0.1) is 5.92 Å². The zero-order valence-electron chi connectivity index (χ0n) is 9.57. The van der Waals surface area contributed by atoms with Crippen molar-refractivity contribution in [3.8, 4) is 0 Å². The molecule has 94 valence electrons. The number of nitrogens with two attached hydrogens (primary N) is 1. The molecule has 6 heteroatoms. The second-order valence-corrected chi connectivity index (χ2v) is 3.52. The number of carbonyl (C=O) groups excluding carboxylic acids is 1. The van der Waals surface area contributed by atoms with Crippen LogP contribution < -0.4 is 11.1 Å². The Morgan fingerprint density at radius 1 is 1.50 bits per heavy atom. The molecular weight excluding hydrogens is 212 g/mol. The van der Waals surface area contributed by atoms with Gasteiger partial charge in [-0.05, 0) is 5.92 Å². The third-order valence-electron chi connectivity index (χ3n) is 2.12. The van der Waals surface area contributed by atoms with Crippen LogP contribution in [-0.4, -0.2) is 43.3 Å². The molecule has 4 N–H and O–H groups in total. The third kappa shape index (κ3) is 8.19. The Hall–Kier alpha value is -1.14. The van der Waals surface area contributed by atoms with Crippen molar-refractivity contribution >= 4 is 11.9 Å². The van der Waals surface area contributed by atoms with Crippen LogP contribution in [0.1, 0.15) is 19.8 Å². The number of hydrogen-bond donors (Lipinski definition) is 3. The highest BCUT2D eigenvalue weighted by atomic mass is 16.5. The van der Waals surface area contributed by atoms with E-state index in [2.05, 4.69) is 5.32 Å². The number of rotatable bonds is 9. The summed E-state index contributed by atoms with van der Waals surface area (Å²) < 4.78 is 4.94. The molecule has 0 rings (SSSR count). The Balaban J connectivity index is 3.66. The summed E-state index contributed by atoms with van der Waals surface area (Å²) in [5, 5.41) is 11.2. The molecule has 1 atom stereocenters. The molecule has 0 aliphatic heterocycles. The van der Waals surface area contributed by atoms with Crippen molar-refractivity contribution in [2.45, 2.75) is 19.8 Å². The molecule has 1 unspecified atom stereocenters. The third-order valence-corrected chi connectivity index (χ3v) is 2.12. The van der Waals surface area contributed by atoms with E-state index in [1.54, 1.807) is 0 Å². The second-order valence-electron chi connectivity index (χ2n) is 3.52. The predicted molar refractivity (Wildman–Crippen MR) is 58.9 cm³/mol. The molecule has 0 spiro atoms. The number of carbonyl (C=O) groups is 2. The summed E-state index contributed by atoms with van der Waals surface area (Å²) in [5.41, 5.74) is 5.19. The van der Waals surface area contributed by atoms with Crippen molar-refractivity contribution in [3.05, 3.63) is 0 Å². The van der Waals surface area contributed by atoms with Gasteiger partial charge in [0.25, 0.3) is 0 Å². The molecule has 0 aliphatic carbocycles. The first-order valence-electron chi connectivity index (χ1n) is 5.36. The molecule has 0 fully saturated rings. The zero-order valence-corrected chi connectivity index (χ0v) is 9.57. The van der Waals surface area contributed by atoms with Crippen LogP contribution in [-0.2, 0) is 14.3 Å². The monoisotopic (exact) mass is 232 g/mol. The molecule has 0 heterocycles. The Kier molecular flexibility index (Phi) is 8.46. The lowest BCUT2D eigenvalue weighted by atomic mass is 10.0. The predicted octanol–water partition coefficient (Wildman–Crippen LogP) is -0.421. The number of aliphatic carboxylic acids is 1. The summed E-state index contributed by atoms with van der Waals surface area (Å²) in [4.78, 5) is 21.7. The lowest BCUT2D eigenvalue weighted by Gasteiger charge is -2.13. The van der Waals surface area contributed by atoms with Crippen molar-refractivity contribution in [2.24, 2.45) is 11.7 Å². The minimum atomic E-state index is -0.847. The van der Waals surface area contributed by atoms with E-state index in [-0.39, 0.29) is 24.9 Å². The fourth-order valence-electron chi connectivity index (χ4n) is 1.17. The summed E-state index contributed by atoms with van der Waals surface area (Å²) in [6.07, 6.45) is 0.788. The summed E-state index contributed by atoms with van der Waals surface area (Å²) >= 11 is 0. The molecule has 0 saturated carbocycles. The van der Waals surface area contributed by atoms with Gasteiger partial charge in [-0.15, -0.1) is 0 Å². The minimum absolute atomic E-state index is 0.0271. The lowest BCUT2D eigenvalue weighted by Crippen LogP contribution is -2.33. The average Bonchev–Trinajstić information content (AvgIpc) is 2.24. The first-order valence-corrected chi connectivity index (χ1v) is 5.36. The quantitative estimate of drug-likeness (QED) is 0.469. The number of nitrogens with one attached hydrogen (secondary N) is 1. The van der Waals surface area contributed by atoms with Gasteiger partial charge < -0.3 is 20.9 Å². The molecule has 0 radical (unpaired) electrons. The van der Waals surface area contributed by atoms with Gasteiger partial charge in [0.15, 0.2) is 0 Å². The van der Waals surface area contributed by atoms with Gasteiger partial charge in [0.1, 0.15) is 6.61 Å². The first kappa shape index (κ1) is 14.9. The van der Waals surface area contributed by atoms with Crippen LogP contribution in [0.25, 0.3) is 0 Å². The average molecular weight is 232 g/mol. The van der Waals surface area contributed by atoms with Gasteiger partial charge >= 0.3 is 5.97 Å². The fraction of sp³-hybridized carbons (Fsp3) is 0.800. The highest BCUT2D eigenvalue weighted by Gasteiger charge is 2.12. The van der Waals surface area contributed by atoms with Crippen LogP contribution in [0.3, 0.4) is 0 Å². The van der Waals surface area contributed by atoms with E-state index in [4.69, 9.17) is 15.6 Å². The maximum Gasteiger partial charge on any atom is 0.303 e. The number of ether oxygens (including phenoxy) is 1. The number of amides is 1. The Bertz CT molecular complexity index is 221. The van der Waals surface area contributed by atoms with Gasteiger partial charge in [-0.25, -0.2) is 0 Å². The van der Waals surface area contributed by atoms with Crippen molar-refractivity contribution in [1.29, 1.82) is 0 Å². The molecule has 0 aliphatic rings. The molecule has 16 heavy (non-hydrogen) atoms. The van der Waals surface area contributed by atoms with Crippen molar-refractivity contribution in [1.82, 2.24) is 5.32 Å². The maximum atomic E-state index is 11.2. The van der Waals surface area contributed by atoms with E-state index < -0.39 is 5.97 Å². The number of carboxylic acids is 1. The highest BCUT2D eigenvalue weighted by Crippen LogP contribution is 2.06. The van der Waals surface area contributed by atoms with E-state index in [1.807, 2.05) is 6.92 Å². The molecule has 0 saturated heterocycles. The molecule has 1 amide bonds. The van der Waals surface area contributed by atoms with Crippen molar-refractivity contribution in [2.75, 3.05) is 26.3 Å². The normalized spacial score (nSPS) is 12.1. The highest BCUT2D eigenvalue weighted by molar-refractivity contribution is 5.77. The Morgan fingerprint density at radius 3 is 2.69 bits per heavy atom. The lowest BCUT2D eigenvalue weighted by molar-refractivity contribution is -0.138. The number of carboxylic acid groups (broad SMARTS) is 1. The Labute approximate surface area is 95.1 Å². The van der Waals surface area contributed by atoms with Gasteiger partial charge in [-0.1, -0.05) is 13.3 Å². The van der Waals surface area contributed by atoms with Gasteiger partial charge in [-0.3, -0.25) is 9.59 Å². The molecule has 0 aromatic rings. The van der Waals surface area contributed by atoms with Crippen LogP contribution in [0.5, 0.6) is 0 Å². The zero-order chi connectivity index (χ0) is 12.4. The van der Waals surface area contributed by atoms with Crippen LogP contribution in [0.4, 0.5) is 0 Å². The van der Waals surface area contributed by atoms with Crippen molar-refractivity contribution in [3.63, 3.8) is 0 Å². The standard InChI is InChI=1S/C10H20N2O4/c1-2-8(5-10(14)15)6-12-9(13)7-16-4-3-11/h8H,2-7,11H2,1H3,(H,12,13)(H,14,15). The molecule has 0 aromatic heterocycles. The minimum Gasteiger partial charge on any atom is -0.481 e. The molecule has 0 aromatic carbocycles. The van der Waals surface area contributed by atoms with E-state index in [9.17, 15) is 9.59 Å². The number of hydrogen-bond acceptors (Lipinski definition) is 4. The van der Waals surface area contributed by atoms with Gasteiger partial charge in [0, 0.05) is 19.5 Å². The van der Waals surface area contributed by atoms with Crippen LogP contribution in [0.15, 0.2) is 0 Å². The summed E-state index contributed by atoms with van der Waals surface area (Å²) in [6, 6.07) is 0. The maximum absolute atomic E-state index is 11.2. The van der Waals surface area contributed by atoms with Gasteiger partial charge in [0.05, 0.1) is 6.61 Å². The summed E-state index contributed by atoms with van der Waals surface area (Å²) in [5.74, 6) is -1.12. The van der Waals surface area contributed by atoms with Gasteiger partial charge in [0.2, 0.25) is 5.91 Å². The SMILES string of the molecule is CCC(CNC(=O)COCCN)CC(=O)O. The molecule has 0 bridgehead atoms. The fourth-order valence-corrected chi connectivity index (χ4v) is 1.17. The van der Waals surface area contributed by atoms with E-state index in [1.165, 1.54) is 0 Å². The smallest absolute Gasteiger partial charge is 0.303 e.